The summed E-state index contributed by atoms with van der Waals surface area (Å²) in [6.45, 7) is 4.92. The van der Waals surface area contributed by atoms with Gasteiger partial charge in [-0.25, -0.2) is 9.98 Å². The molecule has 0 radical (unpaired) electrons. The van der Waals surface area contributed by atoms with Crippen LogP contribution in [0.3, 0.4) is 0 Å². The lowest BCUT2D eigenvalue weighted by Gasteiger charge is -2.26. The second kappa shape index (κ2) is 10.3. The highest BCUT2D eigenvalue weighted by molar-refractivity contribution is 5.81. The maximum Gasteiger partial charge on any atom is 0.225 e. The first-order chi connectivity index (χ1) is 13.7. The summed E-state index contributed by atoms with van der Waals surface area (Å²) in [4.78, 5) is 23.7. The van der Waals surface area contributed by atoms with Crippen molar-refractivity contribution in [1.82, 2.24) is 20.5 Å². The van der Waals surface area contributed by atoms with E-state index < -0.39 is 0 Å². The van der Waals surface area contributed by atoms with Crippen molar-refractivity contribution >= 4 is 11.9 Å². The third-order valence-corrected chi connectivity index (χ3v) is 5.59. The van der Waals surface area contributed by atoms with Crippen molar-refractivity contribution in [2.24, 2.45) is 10.9 Å². The lowest BCUT2D eigenvalue weighted by atomic mass is 9.88. The molecule has 2 heterocycles. The van der Waals surface area contributed by atoms with Crippen LogP contribution in [0.5, 0.6) is 5.88 Å². The van der Waals surface area contributed by atoms with Gasteiger partial charge in [-0.15, -0.1) is 0 Å². The number of pyridine rings is 1. The second-order valence-corrected chi connectivity index (χ2v) is 7.62. The summed E-state index contributed by atoms with van der Waals surface area (Å²) >= 11 is 0. The number of aliphatic imine (C=N–C) groups is 1. The number of carbonyl (C=O) groups excluding carboxylic acids is 1. The molecule has 1 amide bonds. The van der Waals surface area contributed by atoms with Gasteiger partial charge in [0.1, 0.15) is 0 Å². The SMILES string of the molecule is CCNC(=NCc1cccnc1OC)NC1CCN(C(=O)C2CCCCC2)C1. The predicted molar refractivity (Wildman–Crippen MR) is 110 cm³/mol. The van der Waals surface area contributed by atoms with E-state index >= 15 is 0 Å². The topological polar surface area (TPSA) is 78.9 Å². The van der Waals surface area contributed by atoms with Crippen LogP contribution in [-0.2, 0) is 11.3 Å². The molecule has 1 aliphatic carbocycles. The van der Waals surface area contributed by atoms with Crippen LogP contribution in [0.1, 0.15) is 51.0 Å². The van der Waals surface area contributed by atoms with Gasteiger partial charge in [-0.1, -0.05) is 25.3 Å². The van der Waals surface area contributed by atoms with E-state index in [1.165, 1.54) is 19.3 Å². The van der Waals surface area contributed by atoms with Gasteiger partial charge in [-0.05, 0) is 32.3 Å². The largest absolute Gasteiger partial charge is 0.481 e. The number of nitrogens with zero attached hydrogens (tertiary/aromatic N) is 3. The van der Waals surface area contributed by atoms with Crippen LogP contribution < -0.4 is 15.4 Å². The standard InChI is InChI=1S/C21H33N5O2/c1-3-22-21(24-14-17-10-7-12-23-19(17)28-2)25-18-11-13-26(15-18)20(27)16-8-5-4-6-9-16/h7,10,12,16,18H,3-6,8-9,11,13-15H2,1-2H3,(H2,22,24,25). The minimum absolute atomic E-state index is 0.237. The molecular weight excluding hydrogens is 354 g/mol. The Labute approximate surface area is 168 Å². The number of nitrogens with one attached hydrogen (secondary N) is 2. The van der Waals surface area contributed by atoms with Gasteiger partial charge in [0.2, 0.25) is 11.8 Å². The first kappa shape index (κ1) is 20.4. The van der Waals surface area contributed by atoms with E-state index in [1.807, 2.05) is 17.0 Å². The number of carbonyl (C=O) groups is 1. The summed E-state index contributed by atoms with van der Waals surface area (Å²) < 4.78 is 5.30. The first-order valence-corrected chi connectivity index (χ1v) is 10.5. The molecule has 7 heteroatoms. The fourth-order valence-electron chi connectivity index (χ4n) is 4.09. The Morgan fingerprint density at radius 2 is 2.14 bits per heavy atom. The smallest absolute Gasteiger partial charge is 0.225 e. The summed E-state index contributed by atoms with van der Waals surface area (Å²) in [7, 11) is 1.62. The Morgan fingerprint density at radius 1 is 1.32 bits per heavy atom. The molecule has 1 aromatic heterocycles. The number of guanidine groups is 1. The second-order valence-electron chi connectivity index (χ2n) is 7.62. The molecule has 3 rings (SSSR count). The molecule has 1 saturated carbocycles. The van der Waals surface area contributed by atoms with Gasteiger partial charge >= 0.3 is 0 Å². The zero-order valence-electron chi connectivity index (χ0n) is 17.1. The Kier molecular flexibility index (Phi) is 7.51. The third-order valence-electron chi connectivity index (χ3n) is 5.59. The van der Waals surface area contributed by atoms with Crippen molar-refractivity contribution in [3.63, 3.8) is 0 Å². The van der Waals surface area contributed by atoms with Gasteiger partial charge in [0.05, 0.1) is 13.7 Å². The third kappa shape index (κ3) is 5.36. The molecule has 1 atom stereocenters. The number of likely N-dealkylation sites (tertiary alicyclic amines) is 1. The molecule has 28 heavy (non-hydrogen) atoms. The highest BCUT2D eigenvalue weighted by Crippen LogP contribution is 2.26. The van der Waals surface area contributed by atoms with E-state index in [4.69, 9.17) is 4.74 Å². The molecule has 2 fully saturated rings. The van der Waals surface area contributed by atoms with Crippen molar-refractivity contribution in [3.8, 4) is 5.88 Å². The summed E-state index contributed by atoms with van der Waals surface area (Å²) in [6.07, 6.45) is 8.46. The summed E-state index contributed by atoms with van der Waals surface area (Å²) in [5.74, 6) is 1.97. The van der Waals surface area contributed by atoms with Gasteiger partial charge in [0.25, 0.3) is 0 Å². The highest BCUT2D eigenvalue weighted by atomic mass is 16.5. The minimum atomic E-state index is 0.237. The summed E-state index contributed by atoms with van der Waals surface area (Å²) in [5.41, 5.74) is 0.947. The molecule has 1 unspecified atom stereocenters. The molecule has 154 valence electrons. The fraction of sp³-hybridized carbons (Fsp3) is 0.667. The number of hydrogen-bond acceptors (Lipinski definition) is 4. The van der Waals surface area contributed by atoms with Crippen molar-refractivity contribution in [3.05, 3.63) is 23.9 Å². The zero-order chi connectivity index (χ0) is 19.8. The van der Waals surface area contributed by atoms with Gasteiger partial charge in [0, 0.05) is 43.4 Å². The summed E-state index contributed by atoms with van der Waals surface area (Å²) in [6, 6.07) is 4.10. The quantitative estimate of drug-likeness (QED) is 0.579. The van der Waals surface area contributed by atoms with Crippen LogP contribution in [0, 0.1) is 5.92 Å². The molecule has 0 spiro atoms. The maximum absolute atomic E-state index is 12.8. The molecular formula is C21H33N5O2. The number of ether oxygens (including phenoxy) is 1. The van der Waals surface area contributed by atoms with Crippen LogP contribution >= 0.6 is 0 Å². The average Bonchev–Trinajstić information content (AvgIpc) is 3.21. The van der Waals surface area contributed by atoms with Crippen LogP contribution in [0.2, 0.25) is 0 Å². The van der Waals surface area contributed by atoms with Gasteiger partial charge in [-0.2, -0.15) is 0 Å². The lowest BCUT2D eigenvalue weighted by molar-refractivity contribution is -0.135. The molecule has 7 nitrogen and oxygen atoms in total. The number of rotatable bonds is 6. The van der Waals surface area contributed by atoms with Crippen LogP contribution in [0.4, 0.5) is 0 Å². The lowest BCUT2D eigenvalue weighted by Crippen LogP contribution is -2.45. The van der Waals surface area contributed by atoms with Crippen molar-refractivity contribution in [2.45, 2.75) is 58.0 Å². The Bertz CT molecular complexity index is 673. The van der Waals surface area contributed by atoms with E-state index in [-0.39, 0.29) is 12.0 Å². The normalized spacial score (nSPS) is 20.9. The Morgan fingerprint density at radius 3 is 2.89 bits per heavy atom. The van der Waals surface area contributed by atoms with E-state index in [2.05, 4.69) is 27.5 Å². The summed E-state index contributed by atoms with van der Waals surface area (Å²) in [5, 5.41) is 6.80. The van der Waals surface area contributed by atoms with Crippen LogP contribution in [0.15, 0.2) is 23.3 Å². The average molecular weight is 388 g/mol. The monoisotopic (exact) mass is 387 g/mol. The molecule has 1 aromatic rings. The van der Waals surface area contributed by atoms with Crippen LogP contribution in [-0.4, -0.2) is 54.5 Å². The maximum atomic E-state index is 12.8. The predicted octanol–water partition coefficient (Wildman–Crippen LogP) is 2.33. The number of hydrogen-bond donors (Lipinski definition) is 2. The van der Waals surface area contributed by atoms with E-state index in [9.17, 15) is 4.79 Å². The molecule has 2 N–H and O–H groups in total. The molecule has 2 aliphatic rings. The van der Waals surface area contributed by atoms with Crippen molar-refractivity contribution in [1.29, 1.82) is 0 Å². The van der Waals surface area contributed by atoms with Gasteiger partial charge in [0.15, 0.2) is 5.96 Å². The number of amides is 1. The van der Waals surface area contributed by atoms with Crippen molar-refractivity contribution in [2.75, 3.05) is 26.7 Å². The number of methoxy groups -OCH3 is 1. The first-order valence-electron chi connectivity index (χ1n) is 10.5. The Hall–Kier alpha value is -2.31. The molecule has 1 aliphatic heterocycles. The minimum Gasteiger partial charge on any atom is -0.481 e. The molecule has 0 bridgehead atoms. The van der Waals surface area contributed by atoms with E-state index in [0.717, 1.165) is 50.4 Å². The van der Waals surface area contributed by atoms with E-state index in [1.54, 1.807) is 13.3 Å². The molecule has 1 saturated heterocycles. The highest BCUT2D eigenvalue weighted by Gasteiger charge is 2.31. The zero-order valence-corrected chi connectivity index (χ0v) is 17.1. The molecule has 0 aromatic carbocycles. The fourth-order valence-corrected chi connectivity index (χ4v) is 4.09. The van der Waals surface area contributed by atoms with Crippen molar-refractivity contribution < 1.29 is 9.53 Å². The van der Waals surface area contributed by atoms with Gasteiger partial charge < -0.3 is 20.3 Å². The van der Waals surface area contributed by atoms with Crippen LogP contribution in [0.25, 0.3) is 0 Å². The van der Waals surface area contributed by atoms with Gasteiger partial charge in [-0.3, -0.25) is 4.79 Å². The Balaban J connectivity index is 1.56. The van der Waals surface area contributed by atoms with E-state index in [0.29, 0.717) is 18.3 Å². The number of aromatic nitrogens is 1.